The minimum atomic E-state index is -4.52. The van der Waals surface area contributed by atoms with Crippen molar-refractivity contribution in [1.82, 2.24) is 19.8 Å². The summed E-state index contributed by atoms with van der Waals surface area (Å²) >= 11 is 6.14. The van der Waals surface area contributed by atoms with Gasteiger partial charge in [-0.3, -0.25) is 4.90 Å². The van der Waals surface area contributed by atoms with Gasteiger partial charge in [0.1, 0.15) is 17.5 Å². The van der Waals surface area contributed by atoms with Gasteiger partial charge in [0.2, 0.25) is 5.28 Å². The van der Waals surface area contributed by atoms with Crippen molar-refractivity contribution in [1.29, 1.82) is 5.26 Å². The third-order valence-electron chi connectivity index (χ3n) is 5.74. The smallest absolute Gasteiger partial charge is 0.410 e. The first-order valence-corrected chi connectivity index (χ1v) is 12.2. The maximum atomic E-state index is 14.3. The third-order valence-corrected chi connectivity index (χ3v) is 5.91. The summed E-state index contributed by atoms with van der Waals surface area (Å²) in [5.74, 6) is 0.178. The van der Waals surface area contributed by atoms with Crippen LogP contribution in [-0.4, -0.2) is 63.8 Å². The molecular weight excluding hydrogens is 509 g/mol. The van der Waals surface area contributed by atoms with E-state index in [1.165, 1.54) is 11.8 Å². The Balaban J connectivity index is 0.00000121. The van der Waals surface area contributed by atoms with E-state index in [4.69, 9.17) is 21.6 Å². The lowest BCUT2D eigenvalue weighted by atomic mass is 10.1. The first kappa shape index (κ1) is 28.5. The summed E-state index contributed by atoms with van der Waals surface area (Å²) < 4.78 is 48.5. The van der Waals surface area contributed by atoms with Crippen LogP contribution < -0.4 is 4.90 Å². The normalized spacial score (nSPS) is 18.0. The lowest BCUT2D eigenvalue weighted by Gasteiger charge is -2.37. The Labute approximate surface area is 219 Å². The van der Waals surface area contributed by atoms with Gasteiger partial charge in [0.25, 0.3) is 0 Å². The first-order chi connectivity index (χ1) is 17.3. The van der Waals surface area contributed by atoms with Gasteiger partial charge in [0, 0.05) is 51.8 Å². The molecule has 3 heterocycles. The Morgan fingerprint density at radius 1 is 1.14 bits per heavy atom. The average Bonchev–Trinajstić information content (AvgIpc) is 3.16. The summed E-state index contributed by atoms with van der Waals surface area (Å²) in [5, 5.41) is 7.23. The molecule has 1 amide bonds. The maximum Gasteiger partial charge on any atom is 0.410 e. The molecular formula is C25H30ClF3N6O2. The number of nitrogens with zero attached hydrogens (tertiary/aromatic N) is 6. The van der Waals surface area contributed by atoms with Gasteiger partial charge < -0.3 is 14.5 Å². The van der Waals surface area contributed by atoms with Crippen LogP contribution in [0.25, 0.3) is 0 Å². The van der Waals surface area contributed by atoms with Gasteiger partial charge in [-0.1, -0.05) is 30.3 Å². The first-order valence-electron chi connectivity index (χ1n) is 11.8. The lowest BCUT2D eigenvalue weighted by molar-refractivity contribution is -0.185. The monoisotopic (exact) mass is 538 g/mol. The van der Waals surface area contributed by atoms with E-state index in [-0.39, 0.29) is 35.4 Å². The van der Waals surface area contributed by atoms with Crippen molar-refractivity contribution in [3.8, 4) is 6.07 Å². The van der Waals surface area contributed by atoms with Crippen LogP contribution >= 0.6 is 11.6 Å². The molecule has 2 aromatic rings. The van der Waals surface area contributed by atoms with Crippen LogP contribution in [-0.2, 0) is 17.8 Å². The van der Waals surface area contributed by atoms with E-state index in [0.717, 1.165) is 5.56 Å². The highest BCUT2D eigenvalue weighted by atomic mass is 35.5. The maximum absolute atomic E-state index is 14.3. The molecule has 2 aliphatic rings. The number of hydrogen-bond donors (Lipinski definition) is 0. The fourth-order valence-corrected chi connectivity index (χ4v) is 4.53. The van der Waals surface area contributed by atoms with Crippen molar-refractivity contribution in [3.63, 3.8) is 0 Å². The number of aromatic nitrogens is 2. The van der Waals surface area contributed by atoms with Crippen LogP contribution in [0.2, 0.25) is 5.28 Å². The molecule has 0 aliphatic carbocycles. The summed E-state index contributed by atoms with van der Waals surface area (Å²) in [6, 6.07) is 8.92. The van der Waals surface area contributed by atoms with Crippen molar-refractivity contribution < 1.29 is 22.7 Å². The minimum absolute atomic E-state index is 0.0154. The van der Waals surface area contributed by atoms with E-state index in [2.05, 4.69) is 9.97 Å². The molecule has 1 aromatic heterocycles. The van der Waals surface area contributed by atoms with Gasteiger partial charge in [-0.15, -0.1) is 0 Å². The van der Waals surface area contributed by atoms with Gasteiger partial charge in [-0.25, -0.2) is 14.8 Å². The van der Waals surface area contributed by atoms with Crippen molar-refractivity contribution in [2.45, 2.75) is 58.6 Å². The highest BCUT2D eigenvalue weighted by Gasteiger charge is 2.52. The van der Waals surface area contributed by atoms with E-state index in [9.17, 15) is 18.0 Å². The molecule has 0 radical (unpaired) electrons. The predicted octanol–water partition coefficient (Wildman–Crippen LogP) is 5.34. The van der Waals surface area contributed by atoms with Gasteiger partial charge >= 0.3 is 12.3 Å². The number of carbonyl (C=O) groups excluding carboxylic acids is 1. The molecule has 0 spiro atoms. The van der Waals surface area contributed by atoms with Crippen molar-refractivity contribution >= 4 is 23.5 Å². The molecule has 12 heteroatoms. The summed E-state index contributed by atoms with van der Waals surface area (Å²) in [7, 11) is 0. The molecule has 1 fully saturated rings. The lowest BCUT2D eigenvalue weighted by Crippen LogP contribution is -2.50. The van der Waals surface area contributed by atoms with Gasteiger partial charge in [-0.2, -0.15) is 18.4 Å². The van der Waals surface area contributed by atoms with Gasteiger partial charge in [0.15, 0.2) is 0 Å². The number of alkyl halides is 3. The second kappa shape index (κ2) is 11.5. The van der Waals surface area contributed by atoms with Gasteiger partial charge in [0.05, 0.1) is 11.8 Å². The van der Waals surface area contributed by atoms with Crippen molar-refractivity contribution in [2.75, 3.05) is 31.1 Å². The fourth-order valence-electron chi connectivity index (χ4n) is 4.34. The summed E-state index contributed by atoms with van der Waals surface area (Å²) in [6.45, 7) is 8.13. The number of piperazine rings is 1. The number of ether oxygens (including phenoxy) is 1. The van der Waals surface area contributed by atoms with E-state index in [1.54, 1.807) is 60.9 Å². The number of nitriles is 1. The number of amides is 1. The number of carbonyl (C=O) groups is 1. The molecule has 0 saturated carbocycles. The summed E-state index contributed by atoms with van der Waals surface area (Å²) in [4.78, 5) is 25.4. The summed E-state index contributed by atoms with van der Waals surface area (Å²) in [5.41, 5.74) is 0.467. The second-order valence-corrected chi connectivity index (χ2v) is 10.0. The highest BCUT2D eigenvalue weighted by molar-refractivity contribution is 6.28. The molecule has 1 unspecified atom stereocenters. The molecule has 0 bridgehead atoms. The molecule has 1 atom stereocenters. The van der Waals surface area contributed by atoms with Crippen LogP contribution in [0.3, 0.4) is 0 Å². The molecule has 1 saturated heterocycles. The largest absolute Gasteiger partial charge is 0.444 e. The molecule has 2 aliphatic heterocycles. The summed E-state index contributed by atoms with van der Waals surface area (Å²) in [6.07, 6.45) is -4.97. The second-order valence-electron chi connectivity index (χ2n) is 9.69. The Morgan fingerprint density at radius 3 is 2.27 bits per heavy atom. The zero-order valence-electron chi connectivity index (χ0n) is 21.2. The van der Waals surface area contributed by atoms with Crippen LogP contribution in [0, 0.1) is 11.3 Å². The van der Waals surface area contributed by atoms with Crippen LogP contribution in [0.15, 0.2) is 30.3 Å². The number of anilines is 1. The quantitative estimate of drug-likeness (QED) is 0.488. The average molecular weight is 539 g/mol. The zero-order valence-corrected chi connectivity index (χ0v) is 22.0. The Hall–Kier alpha value is -3.10. The molecule has 4 rings (SSSR count). The number of rotatable bonds is 3. The van der Waals surface area contributed by atoms with E-state index < -0.39 is 23.9 Å². The zero-order chi connectivity index (χ0) is 27.4. The SMILES string of the molecule is CC#N.CC(C)(C)OC(=O)N1CCN(c2nc(Cl)nc3c2C(C(F)(F)F)N(Cc2ccccc2)C3)CC1. The Morgan fingerprint density at radius 2 is 1.73 bits per heavy atom. The Kier molecular flexibility index (Phi) is 8.87. The third kappa shape index (κ3) is 7.23. The number of halogens is 4. The Bertz CT molecular complexity index is 1130. The van der Waals surface area contributed by atoms with E-state index in [0.29, 0.717) is 26.2 Å². The van der Waals surface area contributed by atoms with Crippen LogP contribution in [0.4, 0.5) is 23.8 Å². The number of benzene rings is 1. The van der Waals surface area contributed by atoms with Gasteiger partial charge in [-0.05, 0) is 37.9 Å². The minimum Gasteiger partial charge on any atom is -0.444 e. The molecule has 8 nitrogen and oxygen atoms in total. The number of fused-ring (bicyclic) bond motifs is 1. The van der Waals surface area contributed by atoms with Crippen LogP contribution in [0.1, 0.15) is 50.6 Å². The highest BCUT2D eigenvalue weighted by Crippen LogP contribution is 2.48. The topological polar surface area (TPSA) is 85.6 Å². The van der Waals surface area contributed by atoms with Crippen molar-refractivity contribution in [3.05, 3.63) is 52.4 Å². The molecule has 37 heavy (non-hydrogen) atoms. The number of hydrogen-bond acceptors (Lipinski definition) is 7. The molecule has 200 valence electrons. The standard InChI is InChI=1S/C23H27ClF3N5O2.C2H3N/c1-22(2,3)34-21(33)31-11-9-30(10-12-31)19-17-16(28-20(24)29-19)14-32(18(17)23(25,26)27)13-15-7-5-4-6-8-15;1-2-3/h4-8,18H,9-14H2,1-3H3;1H3. The predicted molar refractivity (Wildman–Crippen MR) is 133 cm³/mol. The fraction of sp³-hybridized carbons (Fsp3) is 0.520. The van der Waals surface area contributed by atoms with Crippen molar-refractivity contribution in [2.24, 2.45) is 0 Å². The van der Waals surface area contributed by atoms with Crippen LogP contribution in [0.5, 0.6) is 0 Å². The van der Waals surface area contributed by atoms with E-state index in [1.807, 2.05) is 6.07 Å². The molecule has 1 aromatic carbocycles. The van der Waals surface area contributed by atoms with E-state index >= 15 is 0 Å². The molecule has 0 N–H and O–H groups in total.